The Labute approximate surface area is 119 Å². The van der Waals surface area contributed by atoms with Gasteiger partial charge in [-0.05, 0) is 30.2 Å². The zero-order valence-electron chi connectivity index (χ0n) is 11.6. The van der Waals surface area contributed by atoms with Crippen molar-refractivity contribution < 1.29 is 9.53 Å². The van der Waals surface area contributed by atoms with E-state index in [2.05, 4.69) is 0 Å². The third-order valence-corrected chi connectivity index (χ3v) is 3.19. The fourth-order valence-corrected chi connectivity index (χ4v) is 2.28. The fourth-order valence-electron chi connectivity index (χ4n) is 2.28. The van der Waals surface area contributed by atoms with Crippen LogP contribution in [0.25, 0.3) is 0 Å². The lowest BCUT2D eigenvalue weighted by Crippen LogP contribution is -2.11. The molecule has 2 aromatic rings. The van der Waals surface area contributed by atoms with Crippen molar-refractivity contribution in [3.05, 3.63) is 65.7 Å². The van der Waals surface area contributed by atoms with Crippen LogP contribution in [-0.4, -0.2) is 12.6 Å². The van der Waals surface area contributed by atoms with E-state index in [1.54, 1.807) is 0 Å². The minimum absolute atomic E-state index is 0.0289. The molecule has 0 saturated heterocycles. The molecule has 3 heteroatoms. The molecule has 20 heavy (non-hydrogen) atoms. The van der Waals surface area contributed by atoms with Gasteiger partial charge in [0.05, 0.1) is 13.0 Å². The zero-order valence-corrected chi connectivity index (χ0v) is 11.6. The number of nitrogen functional groups attached to an aromatic ring is 1. The summed E-state index contributed by atoms with van der Waals surface area (Å²) in [7, 11) is 0. The second kappa shape index (κ2) is 6.75. The lowest BCUT2D eigenvalue weighted by Gasteiger charge is -2.17. The van der Waals surface area contributed by atoms with E-state index in [9.17, 15) is 4.79 Å². The predicted molar refractivity (Wildman–Crippen MR) is 80.4 cm³/mol. The molecule has 0 bridgehead atoms. The van der Waals surface area contributed by atoms with Crippen LogP contribution in [0.4, 0.5) is 5.69 Å². The molecule has 0 saturated carbocycles. The van der Waals surface area contributed by atoms with E-state index in [-0.39, 0.29) is 11.9 Å². The van der Waals surface area contributed by atoms with Gasteiger partial charge in [-0.3, -0.25) is 4.79 Å². The Morgan fingerprint density at radius 2 is 1.80 bits per heavy atom. The molecule has 104 valence electrons. The molecular formula is C17H19NO2. The maximum Gasteiger partial charge on any atom is 0.306 e. The van der Waals surface area contributed by atoms with Gasteiger partial charge in [0.25, 0.3) is 0 Å². The van der Waals surface area contributed by atoms with Crippen LogP contribution in [0.1, 0.15) is 30.4 Å². The third kappa shape index (κ3) is 3.60. The van der Waals surface area contributed by atoms with Crippen molar-refractivity contribution in [1.82, 2.24) is 0 Å². The first-order valence-corrected chi connectivity index (χ1v) is 6.76. The Morgan fingerprint density at radius 3 is 2.45 bits per heavy atom. The molecule has 1 atom stereocenters. The molecule has 1 unspecified atom stereocenters. The molecule has 0 spiro atoms. The minimum Gasteiger partial charge on any atom is -0.466 e. The average molecular weight is 269 g/mol. The maximum absolute atomic E-state index is 11.8. The van der Waals surface area contributed by atoms with Gasteiger partial charge < -0.3 is 10.5 Å². The van der Waals surface area contributed by atoms with Crippen molar-refractivity contribution in [2.45, 2.75) is 19.3 Å². The lowest BCUT2D eigenvalue weighted by molar-refractivity contribution is -0.143. The Hall–Kier alpha value is -2.29. The Bertz CT molecular complexity index is 566. The molecule has 2 rings (SSSR count). The summed E-state index contributed by atoms with van der Waals surface area (Å²) < 4.78 is 5.08. The maximum atomic E-state index is 11.8. The molecule has 0 aliphatic heterocycles. The van der Waals surface area contributed by atoms with Gasteiger partial charge in [0.15, 0.2) is 0 Å². The van der Waals surface area contributed by atoms with Gasteiger partial charge in [0.1, 0.15) is 0 Å². The van der Waals surface area contributed by atoms with E-state index in [0.29, 0.717) is 18.7 Å². The molecule has 3 nitrogen and oxygen atoms in total. The highest BCUT2D eigenvalue weighted by molar-refractivity contribution is 5.71. The Kier molecular flexibility index (Phi) is 4.77. The number of carbonyl (C=O) groups excluding carboxylic acids is 1. The second-order valence-electron chi connectivity index (χ2n) is 4.64. The topological polar surface area (TPSA) is 52.3 Å². The first kappa shape index (κ1) is 14.1. The number of carbonyl (C=O) groups is 1. The summed E-state index contributed by atoms with van der Waals surface area (Å²) in [6.07, 6.45) is 0.321. The van der Waals surface area contributed by atoms with E-state index >= 15 is 0 Å². The Morgan fingerprint density at radius 1 is 1.10 bits per heavy atom. The molecular weight excluding hydrogens is 250 g/mol. The number of anilines is 1. The zero-order chi connectivity index (χ0) is 14.4. The normalized spacial score (nSPS) is 11.8. The van der Waals surface area contributed by atoms with E-state index in [1.165, 1.54) is 0 Å². The van der Waals surface area contributed by atoms with Gasteiger partial charge in [-0.15, -0.1) is 0 Å². The van der Waals surface area contributed by atoms with E-state index in [1.807, 2.05) is 61.5 Å². The number of rotatable bonds is 5. The third-order valence-electron chi connectivity index (χ3n) is 3.19. The van der Waals surface area contributed by atoms with Gasteiger partial charge in [0, 0.05) is 11.6 Å². The van der Waals surface area contributed by atoms with Crippen LogP contribution in [0.3, 0.4) is 0 Å². The Balaban J connectivity index is 2.31. The van der Waals surface area contributed by atoms with Crippen LogP contribution in [0, 0.1) is 0 Å². The van der Waals surface area contributed by atoms with Crippen molar-refractivity contribution in [2.75, 3.05) is 12.3 Å². The summed E-state index contributed by atoms with van der Waals surface area (Å²) in [4.78, 5) is 11.8. The molecule has 0 aromatic heterocycles. The number of hydrogen-bond donors (Lipinski definition) is 1. The van der Waals surface area contributed by atoms with Crippen LogP contribution < -0.4 is 5.73 Å². The lowest BCUT2D eigenvalue weighted by atomic mass is 9.88. The van der Waals surface area contributed by atoms with E-state index in [0.717, 1.165) is 11.1 Å². The smallest absolute Gasteiger partial charge is 0.306 e. The number of ether oxygens (including phenoxy) is 1. The largest absolute Gasteiger partial charge is 0.466 e. The summed E-state index contributed by atoms with van der Waals surface area (Å²) in [5, 5.41) is 0. The van der Waals surface area contributed by atoms with E-state index < -0.39 is 0 Å². The summed E-state index contributed by atoms with van der Waals surface area (Å²) in [5.41, 5.74) is 8.67. The van der Waals surface area contributed by atoms with Crippen LogP contribution in [0.15, 0.2) is 54.6 Å². The summed E-state index contributed by atoms with van der Waals surface area (Å²) in [6, 6.07) is 17.6. The number of benzene rings is 2. The van der Waals surface area contributed by atoms with Gasteiger partial charge in [-0.25, -0.2) is 0 Å². The minimum atomic E-state index is -0.191. The highest BCUT2D eigenvalue weighted by Crippen LogP contribution is 2.29. The number of hydrogen-bond acceptors (Lipinski definition) is 3. The monoisotopic (exact) mass is 269 g/mol. The van der Waals surface area contributed by atoms with Crippen LogP contribution in [0.5, 0.6) is 0 Å². The van der Waals surface area contributed by atoms with Crippen LogP contribution in [-0.2, 0) is 9.53 Å². The first-order chi connectivity index (χ1) is 9.70. The van der Waals surface area contributed by atoms with Gasteiger partial charge in [-0.2, -0.15) is 0 Å². The molecule has 0 fully saturated rings. The molecule has 0 aliphatic carbocycles. The summed E-state index contributed by atoms with van der Waals surface area (Å²) in [5.74, 6) is -0.220. The van der Waals surface area contributed by atoms with Gasteiger partial charge in [0.2, 0.25) is 0 Å². The van der Waals surface area contributed by atoms with Crippen LogP contribution >= 0.6 is 0 Å². The van der Waals surface area contributed by atoms with Crippen molar-refractivity contribution in [1.29, 1.82) is 0 Å². The molecule has 2 N–H and O–H groups in total. The fraction of sp³-hybridized carbons (Fsp3) is 0.235. The highest BCUT2D eigenvalue weighted by atomic mass is 16.5. The number of nitrogens with two attached hydrogens (primary N) is 1. The van der Waals surface area contributed by atoms with Gasteiger partial charge in [-0.1, -0.05) is 42.5 Å². The summed E-state index contributed by atoms with van der Waals surface area (Å²) in [6.45, 7) is 2.22. The van der Waals surface area contributed by atoms with Crippen LogP contribution in [0.2, 0.25) is 0 Å². The average Bonchev–Trinajstić information content (AvgIpc) is 2.46. The second-order valence-corrected chi connectivity index (χ2v) is 4.64. The van der Waals surface area contributed by atoms with Crippen molar-refractivity contribution in [2.24, 2.45) is 0 Å². The first-order valence-electron chi connectivity index (χ1n) is 6.76. The van der Waals surface area contributed by atoms with E-state index in [4.69, 9.17) is 10.5 Å². The standard InChI is InChI=1S/C17H19NO2/c1-2-20-17(19)12-16(13-7-4-3-5-8-13)14-9-6-10-15(18)11-14/h3-11,16H,2,12,18H2,1H3. The quantitative estimate of drug-likeness (QED) is 0.669. The molecule has 0 amide bonds. The summed E-state index contributed by atoms with van der Waals surface area (Å²) >= 11 is 0. The molecule has 0 aliphatic rings. The SMILES string of the molecule is CCOC(=O)CC(c1ccccc1)c1cccc(N)c1. The van der Waals surface area contributed by atoms with Crippen molar-refractivity contribution in [3.8, 4) is 0 Å². The highest BCUT2D eigenvalue weighted by Gasteiger charge is 2.19. The number of esters is 1. The van der Waals surface area contributed by atoms with Crippen molar-refractivity contribution >= 4 is 11.7 Å². The van der Waals surface area contributed by atoms with Crippen molar-refractivity contribution in [3.63, 3.8) is 0 Å². The van der Waals surface area contributed by atoms with Gasteiger partial charge >= 0.3 is 5.97 Å². The molecule has 0 radical (unpaired) electrons. The molecule has 2 aromatic carbocycles. The molecule has 0 heterocycles. The predicted octanol–water partition coefficient (Wildman–Crippen LogP) is 3.35.